The lowest BCUT2D eigenvalue weighted by Crippen LogP contribution is -2.20. The Kier molecular flexibility index (Phi) is 5.30. The summed E-state index contributed by atoms with van der Waals surface area (Å²) in [5, 5.41) is 8.65. The lowest BCUT2D eigenvalue weighted by Gasteiger charge is -2.09. The summed E-state index contributed by atoms with van der Waals surface area (Å²) in [6, 6.07) is 9.72. The van der Waals surface area contributed by atoms with Crippen molar-refractivity contribution in [2.24, 2.45) is 0 Å². The molecule has 0 saturated carbocycles. The van der Waals surface area contributed by atoms with E-state index in [1.807, 2.05) is 30.3 Å². The number of nitrogens with two attached hydrogens (primary N) is 1. The van der Waals surface area contributed by atoms with E-state index in [2.05, 4.69) is 9.97 Å². The quantitative estimate of drug-likeness (QED) is 0.675. The Labute approximate surface area is 128 Å². The smallest absolute Gasteiger partial charge is 0.303 e. The second-order valence-corrected chi connectivity index (χ2v) is 5.14. The molecule has 2 aromatic rings. The summed E-state index contributed by atoms with van der Waals surface area (Å²) < 4.78 is 0. The minimum absolute atomic E-state index is 0.102. The molecule has 0 fully saturated rings. The fraction of sp³-hybridized carbons (Fsp3) is 0.312. The van der Waals surface area contributed by atoms with Gasteiger partial charge in [0.2, 0.25) is 5.95 Å². The van der Waals surface area contributed by atoms with Gasteiger partial charge in [0.15, 0.2) is 0 Å². The van der Waals surface area contributed by atoms with Crippen LogP contribution in [0.1, 0.15) is 36.1 Å². The average Bonchev–Trinajstić information content (AvgIpc) is 2.46. The van der Waals surface area contributed by atoms with Crippen molar-refractivity contribution in [2.75, 3.05) is 5.73 Å². The van der Waals surface area contributed by atoms with Crippen LogP contribution in [0.5, 0.6) is 0 Å². The number of aliphatic carboxylic acids is 1. The molecule has 116 valence electrons. The molecule has 0 aliphatic heterocycles. The number of carboxylic acid groups (broad SMARTS) is 1. The highest BCUT2D eigenvalue weighted by Gasteiger charge is 2.11. The first-order chi connectivity index (χ1) is 10.6. The van der Waals surface area contributed by atoms with Crippen molar-refractivity contribution in [3.63, 3.8) is 0 Å². The number of benzene rings is 1. The number of carboxylic acids is 1. The Balaban J connectivity index is 2.17. The van der Waals surface area contributed by atoms with Gasteiger partial charge in [-0.25, -0.2) is 4.98 Å². The molecule has 6 nitrogen and oxygen atoms in total. The number of hydrogen-bond acceptors (Lipinski definition) is 4. The Hall–Kier alpha value is -2.63. The highest BCUT2D eigenvalue weighted by molar-refractivity contribution is 5.66. The van der Waals surface area contributed by atoms with Crippen LogP contribution in [0.4, 0.5) is 5.95 Å². The van der Waals surface area contributed by atoms with E-state index >= 15 is 0 Å². The zero-order chi connectivity index (χ0) is 15.9. The van der Waals surface area contributed by atoms with Crippen LogP contribution in [0.15, 0.2) is 35.1 Å². The van der Waals surface area contributed by atoms with E-state index in [0.717, 1.165) is 5.56 Å². The van der Waals surface area contributed by atoms with Crippen LogP contribution in [0.3, 0.4) is 0 Å². The summed E-state index contributed by atoms with van der Waals surface area (Å²) in [6.45, 7) is 0. The second kappa shape index (κ2) is 7.40. The molecule has 1 heterocycles. The monoisotopic (exact) mass is 301 g/mol. The van der Waals surface area contributed by atoms with Gasteiger partial charge in [-0.3, -0.25) is 14.6 Å². The number of H-pyrrole nitrogens is 1. The zero-order valence-electron chi connectivity index (χ0n) is 12.2. The molecule has 0 aliphatic rings. The molecule has 0 saturated heterocycles. The van der Waals surface area contributed by atoms with Crippen molar-refractivity contribution in [1.29, 1.82) is 0 Å². The summed E-state index contributed by atoms with van der Waals surface area (Å²) in [5.41, 5.74) is 7.68. The third kappa shape index (κ3) is 4.44. The van der Waals surface area contributed by atoms with Crippen LogP contribution in [-0.2, 0) is 17.6 Å². The van der Waals surface area contributed by atoms with Crippen molar-refractivity contribution in [1.82, 2.24) is 9.97 Å². The van der Waals surface area contributed by atoms with Crippen LogP contribution in [-0.4, -0.2) is 21.0 Å². The third-order valence-electron chi connectivity index (χ3n) is 3.40. The van der Waals surface area contributed by atoms with Gasteiger partial charge in [-0.1, -0.05) is 30.3 Å². The molecule has 0 radical (unpaired) electrons. The summed E-state index contributed by atoms with van der Waals surface area (Å²) in [5.74, 6) is -0.723. The van der Waals surface area contributed by atoms with E-state index in [-0.39, 0.29) is 17.9 Å². The van der Waals surface area contributed by atoms with Gasteiger partial charge in [0, 0.05) is 18.4 Å². The highest BCUT2D eigenvalue weighted by Crippen LogP contribution is 2.13. The molecule has 22 heavy (non-hydrogen) atoms. The molecule has 6 heteroatoms. The van der Waals surface area contributed by atoms with E-state index in [1.165, 1.54) is 0 Å². The van der Waals surface area contributed by atoms with Crippen LogP contribution in [0.2, 0.25) is 0 Å². The number of rotatable bonds is 7. The Morgan fingerprint density at radius 1 is 1.23 bits per heavy atom. The predicted octanol–water partition coefficient (Wildman–Crippen LogP) is 1.74. The van der Waals surface area contributed by atoms with E-state index in [1.54, 1.807) is 0 Å². The molecule has 0 atom stereocenters. The number of carbonyl (C=O) groups is 1. The molecule has 1 aromatic heterocycles. The Morgan fingerprint density at radius 3 is 2.64 bits per heavy atom. The molecule has 1 aromatic carbocycles. The fourth-order valence-electron chi connectivity index (χ4n) is 2.33. The number of nitrogen functional groups attached to an aromatic ring is 1. The normalized spacial score (nSPS) is 10.5. The van der Waals surface area contributed by atoms with Gasteiger partial charge in [-0.15, -0.1) is 0 Å². The SMILES string of the molecule is Nc1nc(Cc2ccccc2)c(CCCCC(=O)O)c(=O)[nH]1. The van der Waals surface area contributed by atoms with Crippen molar-refractivity contribution in [3.8, 4) is 0 Å². The van der Waals surface area contributed by atoms with Crippen molar-refractivity contribution >= 4 is 11.9 Å². The first-order valence-corrected chi connectivity index (χ1v) is 7.19. The number of aromatic nitrogens is 2. The molecule has 0 bridgehead atoms. The van der Waals surface area contributed by atoms with E-state index in [4.69, 9.17) is 10.8 Å². The molecule has 0 unspecified atom stereocenters. The topological polar surface area (TPSA) is 109 Å². The number of nitrogens with one attached hydrogen (secondary N) is 1. The number of anilines is 1. The molecular formula is C16H19N3O3. The van der Waals surface area contributed by atoms with Gasteiger partial charge < -0.3 is 10.8 Å². The molecule has 2 rings (SSSR count). The van der Waals surface area contributed by atoms with Gasteiger partial charge >= 0.3 is 5.97 Å². The molecule has 4 N–H and O–H groups in total. The summed E-state index contributed by atoms with van der Waals surface area (Å²) in [4.78, 5) is 29.4. The number of unbranched alkanes of at least 4 members (excludes halogenated alkanes) is 1. The van der Waals surface area contributed by atoms with Crippen molar-refractivity contribution in [2.45, 2.75) is 32.1 Å². The van der Waals surface area contributed by atoms with Gasteiger partial charge in [0.25, 0.3) is 5.56 Å². The maximum atomic E-state index is 12.1. The number of nitrogens with zero attached hydrogens (tertiary/aromatic N) is 1. The van der Waals surface area contributed by atoms with E-state index in [9.17, 15) is 9.59 Å². The Bertz CT molecular complexity index is 696. The van der Waals surface area contributed by atoms with Crippen LogP contribution < -0.4 is 11.3 Å². The lowest BCUT2D eigenvalue weighted by molar-refractivity contribution is -0.137. The molecule has 0 spiro atoms. The average molecular weight is 301 g/mol. The first-order valence-electron chi connectivity index (χ1n) is 7.19. The van der Waals surface area contributed by atoms with E-state index in [0.29, 0.717) is 36.9 Å². The Morgan fingerprint density at radius 2 is 1.95 bits per heavy atom. The number of aromatic amines is 1. The summed E-state index contributed by atoms with van der Waals surface area (Å²) in [6.07, 6.45) is 2.29. The van der Waals surface area contributed by atoms with Crippen LogP contribution in [0, 0.1) is 0 Å². The van der Waals surface area contributed by atoms with Crippen LogP contribution >= 0.6 is 0 Å². The van der Waals surface area contributed by atoms with Gasteiger partial charge in [-0.2, -0.15) is 0 Å². The first kappa shape index (κ1) is 15.8. The maximum Gasteiger partial charge on any atom is 0.303 e. The van der Waals surface area contributed by atoms with E-state index < -0.39 is 5.97 Å². The maximum absolute atomic E-state index is 12.1. The minimum atomic E-state index is -0.825. The van der Waals surface area contributed by atoms with Crippen molar-refractivity contribution in [3.05, 3.63) is 57.5 Å². The van der Waals surface area contributed by atoms with Gasteiger partial charge in [0.1, 0.15) is 0 Å². The largest absolute Gasteiger partial charge is 0.481 e. The van der Waals surface area contributed by atoms with Crippen LogP contribution in [0.25, 0.3) is 0 Å². The van der Waals surface area contributed by atoms with Crippen molar-refractivity contribution < 1.29 is 9.90 Å². The molecule has 0 amide bonds. The van der Waals surface area contributed by atoms with Gasteiger partial charge in [-0.05, 0) is 24.8 Å². The molecule has 0 aliphatic carbocycles. The summed E-state index contributed by atoms with van der Waals surface area (Å²) >= 11 is 0. The van der Waals surface area contributed by atoms with Gasteiger partial charge in [0.05, 0.1) is 5.69 Å². The molecular weight excluding hydrogens is 282 g/mol. The zero-order valence-corrected chi connectivity index (χ0v) is 12.2. The fourth-order valence-corrected chi connectivity index (χ4v) is 2.33. The number of hydrogen-bond donors (Lipinski definition) is 3. The second-order valence-electron chi connectivity index (χ2n) is 5.14. The standard InChI is InChI=1S/C16H19N3O3/c17-16-18-13(10-11-6-2-1-3-7-11)12(15(22)19-16)8-4-5-9-14(20)21/h1-3,6-7H,4-5,8-10H2,(H,20,21)(H3,17,18,19,22). The summed E-state index contributed by atoms with van der Waals surface area (Å²) in [7, 11) is 0. The highest BCUT2D eigenvalue weighted by atomic mass is 16.4. The lowest BCUT2D eigenvalue weighted by atomic mass is 10.0. The minimum Gasteiger partial charge on any atom is -0.481 e. The predicted molar refractivity (Wildman–Crippen MR) is 83.7 cm³/mol. The third-order valence-corrected chi connectivity index (χ3v) is 3.40.